The number of benzene rings is 2. The van der Waals surface area contributed by atoms with Crippen LogP contribution >= 0.6 is 0 Å². The van der Waals surface area contributed by atoms with Crippen LogP contribution in [-0.2, 0) is 4.79 Å². The highest BCUT2D eigenvalue weighted by atomic mass is 19.1. The summed E-state index contributed by atoms with van der Waals surface area (Å²) >= 11 is 0. The zero-order chi connectivity index (χ0) is 15.7. The number of halogens is 2. The zero-order valence-corrected chi connectivity index (χ0v) is 11.2. The van der Waals surface area contributed by atoms with Crippen molar-refractivity contribution in [3.8, 4) is 5.75 Å². The van der Waals surface area contributed by atoms with E-state index in [1.54, 1.807) is 12.1 Å². The summed E-state index contributed by atoms with van der Waals surface area (Å²) in [5, 5.41) is 4.87. The van der Waals surface area contributed by atoms with Crippen LogP contribution in [0.25, 0.3) is 0 Å². The van der Waals surface area contributed by atoms with Gasteiger partial charge in [0.05, 0.1) is 16.9 Å². The molecule has 0 radical (unpaired) electrons. The van der Waals surface area contributed by atoms with Crippen molar-refractivity contribution in [2.24, 2.45) is 0 Å². The van der Waals surface area contributed by atoms with Gasteiger partial charge >= 0.3 is 0 Å². The van der Waals surface area contributed by atoms with Crippen molar-refractivity contribution in [2.45, 2.75) is 0 Å². The molecule has 2 aromatic carbocycles. The highest BCUT2D eigenvalue weighted by Gasteiger charge is 2.22. The summed E-state index contributed by atoms with van der Waals surface area (Å²) in [7, 11) is 0. The van der Waals surface area contributed by atoms with E-state index in [0.717, 1.165) is 12.1 Å². The Morgan fingerprint density at radius 3 is 2.82 bits per heavy atom. The predicted octanol–water partition coefficient (Wildman–Crippen LogP) is 2.55. The maximum atomic E-state index is 13.6. The van der Waals surface area contributed by atoms with Crippen molar-refractivity contribution in [3.05, 3.63) is 53.6 Å². The van der Waals surface area contributed by atoms with Crippen molar-refractivity contribution in [1.82, 2.24) is 0 Å². The molecule has 0 atom stereocenters. The normalized spacial score (nSPS) is 12.9. The molecule has 0 bridgehead atoms. The van der Waals surface area contributed by atoms with E-state index in [1.165, 1.54) is 6.07 Å². The van der Waals surface area contributed by atoms with Crippen molar-refractivity contribution >= 4 is 23.2 Å². The van der Waals surface area contributed by atoms with Crippen LogP contribution in [0, 0.1) is 11.6 Å². The molecule has 0 unspecified atom stereocenters. The van der Waals surface area contributed by atoms with Gasteiger partial charge in [-0.3, -0.25) is 9.59 Å². The standard InChI is InChI=1S/C15H10F2N2O3/c16-8-4-5-11(10(17)6-8)18-15(21)9-2-1-3-12-14(9)19-13(20)7-22-12/h1-6H,7H2,(H,18,21)(H,19,20). The third-order valence-corrected chi connectivity index (χ3v) is 3.07. The lowest BCUT2D eigenvalue weighted by atomic mass is 10.1. The molecule has 7 heteroatoms. The molecule has 1 aliphatic rings. The van der Waals surface area contributed by atoms with Gasteiger partial charge in [0.15, 0.2) is 6.61 Å². The Morgan fingerprint density at radius 2 is 2.05 bits per heavy atom. The maximum Gasteiger partial charge on any atom is 0.262 e. The third-order valence-electron chi connectivity index (χ3n) is 3.07. The Labute approximate surface area is 123 Å². The number of para-hydroxylation sites is 1. The molecule has 22 heavy (non-hydrogen) atoms. The van der Waals surface area contributed by atoms with Crippen molar-refractivity contribution < 1.29 is 23.1 Å². The molecule has 0 aliphatic carbocycles. The van der Waals surface area contributed by atoms with Gasteiger partial charge < -0.3 is 15.4 Å². The second-order valence-corrected chi connectivity index (χ2v) is 4.59. The summed E-state index contributed by atoms with van der Waals surface area (Å²) in [6.45, 7) is -0.134. The number of hydrogen-bond donors (Lipinski definition) is 2. The first kappa shape index (κ1) is 14.0. The number of carbonyl (C=O) groups excluding carboxylic acids is 2. The van der Waals surface area contributed by atoms with Gasteiger partial charge in [0.25, 0.3) is 11.8 Å². The fourth-order valence-corrected chi connectivity index (χ4v) is 2.07. The molecule has 2 amide bonds. The van der Waals surface area contributed by atoms with Gasteiger partial charge in [-0.05, 0) is 24.3 Å². The number of nitrogens with one attached hydrogen (secondary N) is 2. The number of amides is 2. The van der Waals surface area contributed by atoms with Gasteiger partial charge in [0, 0.05) is 6.07 Å². The lowest BCUT2D eigenvalue weighted by Gasteiger charge is -2.20. The van der Waals surface area contributed by atoms with E-state index in [4.69, 9.17) is 4.74 Å². The average Bonchev–Trinajstić information content (AvgIpc) is 2.49. The van der Waals surface area contributed by atoms with Crippen molar-refractivity contribution in [1.29, 1.82) is 0 Å². The van der Waals surface area contributed by atoms with Crippen LogP contribution in [0.5, 0.6) is 5.75 Å². The number of fused-ring (bicyclic) bond motifs is 1. The van der Waals surface area contributed by atoms with E-state index in [2.05, 4.69) is 10.6 Å². The quantitative estimate of drug-likeness (QED) is 0.896. The number of ether oxygens (including phenoxy) is 1. The molecule has 0 saturated heterocycles. The fourth-order valence-electron chi connectivity index (χ4n) is 2.07. The zero-order valence-electron chi connectivity index (χ0n) is 11.2. The highest BCUT2D eigenvalue weighted by molar-refractivity contribution is 6.11. The first-order valence-electron chi connectivity index (χ1n) is 6.36. The summed E-state index contributed by atoms with van der Waals surface area (Å²) in [4.78, 5) is 23.6. The summed E-state index contributed by atoms with van der Waals surface area (Å²) in [6, 6.07) is 7.46. The van der Waals surface area contributed by atoms with Crippen molar-refractivity contribution in [2.75, 3.05) is 17.2 Å². The van der Waals surface area contributed by atoms with Gasteiger partial charge in [-0.2, -0.15) is 0 Å². The summed E-state index contributed by atoms with van der Waals surface area (Å²) in [5.74, 6) is -2.31. The van der Waals surface area contributed by atoms with Gasteiger partial charge in [-0.1, -0.05) is 6.07 Å². The Bertz CT molecular complexity index is 777. The van der Waals surface area contributed by atoms with Gasteiger partial charge in [-0.15, -0.1) is 0 Å². The van der Waals surface area contributed by atoms with E-state index < -0.39 is 17.5 Å². The summed E-state index contributed by atoms with van der Waals surface area (Å²) in [5.41, 5.74) is 0.181. The maximum absolute atomic E-state index is 13.6. The van der Waals surface area contributed by atoms with Crippen LogP contribution in [0.15, 0.2) is 36.4 Å². The molecule has 112 valence electrons. The molecule has 0 aromatic heterocycles. The summed E-state index contributed by atoms with van der Waals surface area (Å²) < 4.78 is 31.6. The van der Waals surface area contributed by atoms with Gasteiger partial charge in [0.2, 0.25) is 0 Å². The molecular weight excluding hydrogens is 294 g/mol. The SMILES string of the molecule is O=C1COc2cccc(C(=O)Nc3ccc(F)cc3F)c2N1. The molecule has 0 spiro atoms. The largest absolute Gasteiger partial charge is 0.482 e. The Morgan fingerprint density at radius 1 is 1.23 bits per heavy atom. The molecule has 1 aliphatic heterocycles. The number of hydrogen-bond acceptors (Lipinski definition) is 3. The smallest absolute Gasteiger partial charge is 0.262 e. The lowest BCUT2D eigenvalue weighted by Crippen LogP contribution is -2.27. The van der Waals surface area contributed by atoms with Crippen molar-refractivity contribution in [3.63, 3.8) is 0 Å². The molecule has 0 fully saturated rings. The van der Waals surface area contributed by atoms with Gasteiger partial charge in [0.1, 0.15) is 17.4 Å². The predicted molar refractivity (Wildman–Crippen MR) is 74.9 cm³/mol. The molecule has 2 N–H and O–H groups in total. The Balaban J connectivity index is 1.91. The van der Waals surface area contributed by atoms with E-state index in [0.29, 0.717) is 11.8 Å². The van der Waals surface area contributed by atoms with Gasteiger partial charge in [-0.25, -0.2) is 8.78 Å². The topological polar surface area (TPSA) is 67.4 Å². The number of rotatable bonds is 2. The second-order valence-electron chi connectivity index (χ2n) is 4.59. The average molecular weight is 304 g/mol. The molecule has 0 saturated carbocycles. The highest BCUT2D eigenvalue weighted by Crippen LogP contribution is 2.31. The number of anilines is 2. The minimum Gasteiger partial charge on any atom is -0.482 e. The lowest BCUT2D eigenvalue weighted by molar-refractivity contribution is -0.118. The minimum absolute atomic E-state index is 0.120. The van der Waals surface area contributed by atoms with Crippen LogP contribution in [0.4, 0.5) is 20.2 Å². The monoisotopic (exact) mass is 304 g/mol. The van der Waals surface area contributed by atoms with E-state index in [-0.39, 0.29) is 29.5 Å². The molecular formula is C15H10F2N2O3. The molecule has 2 aromatic rings. The fraction of sp³-hybridized carbons (Fsp3) is 0.0667. The minimum atomic E-state index is -0.890. The number of carbonyl (C=O) groups is 2. The Kier molecular flexibility index (Phi) is 3.46. The first-order chi connectivity index (χ1) is 10.5. The second kappa shape index (κ2) is 5.44. The van der Waals surface area contributed by atoms with E-state index >= 15 is 0 Å². The summed E-state index contributed by atoms with van der Waals surface area (Å²) in [6.07, 6.45) is 0. The van der Waals surface area contributed by atoms with Crippen LogP contribution < -0.4 is 15.4 Å². The van der Waals surface area contributed by atoms with Crippen LogP contribution in [0.1, 0.15) is 10.4 Å². The third kappa shape index (κ3) is 2.60. The van der Waals surface area contributed by atoms with Crippen LogP contribution in [-0.4, -0.2) is 18.4 Å². The molecule has 1 heterocycles. The molecule has 5 nitrogen and oxygen atoms in total. The Hall–Kier alpha value is -2.96. The van der Waals surface area contributed by atoms with E-state index in [9.17, 15) is 18.4 Å². The first-order valence-corrected chi connectivity index (χ1v) is 6.36. The van der Waals surface area contributed by atoms with Crippen LogP contribution in [0.2, 0.25) is 0 Å². The van der Waals surface area contributed by atoms with E-state index in [1.807, 2.05) is 0 Å². The van der Waals surface area contributed by atoms with Crippen LogP contribution in [0.3, 0.4) is 0 Å². The molecule has 3 rings (SSSR count).